The van der Waals surface area contributed by atoms with Gasteiger partial charge in [-0.1, -0.05) is 0 Å². The van der Waals surface area contributed by atoms with E-state index in [4.69, 9.17) is 0 Å². The molecule has 0 atom stereocenters. The molecule has 0 saturated carbocycles. The van der Waals surface area contributed by atoms with Crippen LogP contribution in [0, 0.1) is 0 Å². The third-order valence-electron chi connectivity index (χ3n) is 0.622. The highest BCUT2D eigenvalue weighted by atomic mass is 32.1. The van der Waals surface area contributed by atoms with E-state index in [9.17, 15) is 4.57 Å². The van der Waals surface area contributed by atoms with Gasteiger partial charge in [0.2, 0.25) is 0 Å². The zero-order valence-corrected chi connectivity index (χ0v) is 5.61. The number of thiophene rings is 1. The van der Waals surface area contributed by atoms with Crippen molar-refractivity contribution in [3.63, 3.8) is 0 Å². The maximum Gasteiger partial charge on any atom is 0.396 e. The van der Waals surface area contributed by atoms with Gasteiger partial charge in [-0.2, -0.15) is 0 Å². The highest BCUT2D eigenvalue weighted by Gasteiger charge is 1.88. The first-order chi connectivity index (χ1) is 3.93. The molecule has 1 rings (SSSR count). The van der Waals surface area contributed by atoms with E-state index < -0.39 is 0 Å². The van der Waals surface area contributed by atoms with Gasteiger partial charge in [0.1, 0.15) is 0 Å². The minimum absolute atomic E-state index is 0.284. The van der Waals surface area contributed by atoms with Crippen molar-refractivity contribution >= 4 is 20.0 Å². The van der Waals surface area contributed by atoms with Crippen molar-refractivity contribution in [3.8, 4) is 5.06 Å². The average Bonchev–Trinajstić information content (AvgIpc) is 2.19. The minimum Gasteiger partial charge on any atom is -0.396 e. The number of rotatable bonds is 2. The Kier molecular flexibility index (Phi) is 2.00. The first kappa shape index (κ1) is 5.73. The Labute approximate surface area is 52.4 Å². The van der Waals surface area contributed by atoms with Crippen LogP contribution in [-0.2, 0) is 4.57 Å². The molecule has 0 radical (unpaired) electrons. The molecule has 0 saturated heterocycles. The maximum absolute atomic E-state index is 9.75. The summed E-state index contributed by atoms with van der Waals surface area (Å²) in [6, 6.07) is 3.60. The van der Waals surface area contributed by atoms with Gasteiger partial charge in [-0.05, 0) is 17.5 Å². The van der Waals surface area contributed by atoms with Gasteiger partial charge in [-0.25, -0.2) is 4.57 Å². The lowest BCUT2D eigenvalue weighted by Crippen LogP contribution is -1.61. The van der Waals surface area contributed by atoms with Crippen LogP contribution in [0.3, 0.4) is 0 Å². The lowest BCUT2D eigenvalue weighted by molar-refractivity contribution is 0.531. The summed E-state index contributed by atoms with van der Waals surface area (Å²) in [4.78, 5) is 0. The van der Waals surface area contributed by atoms with E-state index in [0.717, 1.165) is 0 Å². The van der Waals surface area contributed by atoms with E-state index in [1.165, 1.54) is 11.3 Å². The van der Waals surface area contributed by atoms with Crippen molar-refractivity contribution in [1.82, 2.24) is 0 Å². The Morgan fingerprint density at radius 1 is 1.75 bits per heavy atom. The second kappa shape index (κ2) is 2.80. The molecule has 0 aliphatic rings. The smallest absolute Gasteiger partial charge is 0.396 e. The van der Waals surface area contributed by atoms with Crippen molar-refractivity contribution in [2.75, 3.05) is 0 Å². The van der Waals surface area contributed by atoms with Crippen molar-refractivity contribution in [2.24, 2.45) is 0 Å². The monoisotopic (exact) mass is 146 g/mol. The van der Waals surface area contributed by atoms with Gasteiger partial charge in [0.05, 0.1) is 0 Å². The summed E-state index contributed by atoms with van der Waals surface area (Å²) in [7, 11) is -0.284. The standard InChI is InChI=1S/C4H3O2PS/c5-7-6-4-2-1-3-8-4/h1-3H. The van der Waals surface area contributed by atoms with Crippen LogP contribution in [0.2, 0.25) is 0 Å². The molecule has 2 nitrogen and oxygen atoms in total. The minimum atomic E-state index is -0.284. The number of hydrogen-bond acceptors (Lipinski definition) is 3. The van der Waals surface area contributed by atoms with Gasteiger partial charge < -0.3 is 4.52 Å². The van der Waals surface area contributed by atoms with E-state index in [1.54, 1.807) is 6.07 Å². The maximum atomic E-state index is 9.75. The highest BCUT2D eigenvalue weighted by Crippen LogP contribution is 2.21. The molecule has 1 aromatic heterocycles. The zero-order valence-electron chi connectivity index (χ0n) is 3.90. The van der Waals surface area contributed by atoms with Gasteiger partial charge in [-0.15, -0.1) is 11.3 Å². The Bertz CT molecular complexity index is 161. The summed E-state index contributed by atoms with van der Waals surface area (Å²) < 4.78 is 14.3. The van der Waals surface area contributed by atoms with Crippen LogP contribution >= 0.6 is 20.0 Å². The lowest BCUT2D eigenvalue weighted by Gasteiger charge is -1.82. The van der Waals surface area contributed by atoms with Gasteiger partial charge >= 0.3 is 8.69 Å². The molecular formula is C4H3O2PS. The van der Waals surface area contributed by atoms with Crippen molar-refractivity contribution in [2.45, 2.75) is 0 Å². The molecule has 8 heavy (non-hydrogen) atoms. The molecule has 4 heteroatoms. The quantitative estimate of drug-likeness (QED) is 0.598. The summed E-state index contributed by atoms with van der Waals surface area (Å²) in [6.45, 7) is 0. The van der Waals surface area contributed by atoms with Crippen LogP contribution in [0.1, 0.15) is 0 Å². The predicted octanol–water partition coefficient (Wildman–Crippen LogP) is 2.33. The van der Waals surface area contributed by atoms with Gasteiger partial charge in [0.25, 0.3) is 0 Å². The first-order valence-electron chi connectivity index (χ1n) is 1.96. The first-order valence-corrected chi connectivity index (χ1v) is 3.57. The van der Waals surface area contributed by atoms with Crippen molar-refractivity contribution < 1.29 is 9.09 Å². The Morgan fingerprint density at radius 2 is 2.62 bits per heavy atom. The van der Waals surface area contributed by atoms with Crippen LogP contribution < -0.4 is 4.52 Å². The summed E-state index contributed by atoms with van der Waals surface area (Å²) in [6.07, 6.45) is 0. The largest absolute Gasteiger partial charge is 0.396 e. The van der Waals surface area contributed by atoms with Gasteiger partial charge in [0, 0.05) is 0 Å². The van der Waals surface area contributed by atoms with E-state index in [1.807, 2.05) is 11.4 Å². The predicted molar refractivity (Wildman–Crippen MR) is 32.6 cm³/mol. The molecule has 0 bridgehead atoms. The average molecular weight is 146 g/mol. The molecule has 42 valence electrons. The molecule has 0 amide bonds. The molecule has 0 unspecified atom stereocenters. The Balaban J connectivity index is 2.62. The summed E-state index contributed by atoms with van der Waals surface area (Å²) >= 11 is 1.42. The van der Waals surface area contributed by atoms with E-state index in [0.29, 0.717) is 5.06 Å². The van der Waals surface area contributed by atoms with Gasteiger partial charge in [0.15, 0.2) is 5.06 Å². The molecule has 1 heterocycles. The molecule has 0 aliphatic heterocycles. The van der Waals surface area contributed by atoms with Crippen LogP contribution in [0.5, 0.6) is 5.06 Å². The topological polar surface area (TPSA) is 26.3 Å². The second-order valence-electron chi connectivity index (χ2n) is 1.10. The van der Waals surface area contributed by atoms with Crippen LogP contribution in [-0.4, -0.2) is 0 Å². The highest BCUT2D eigenvalue weighted by molar-refractivity contribution is 7.20. The van der Waals surface area contributed by atoms with E-state index in [2.05, 4.69) is 4.52 Å². The Morgan fingerprint density at radius 3 is 3.12 bits per heavy atom. The van der Waals surface area contributed by atoms with Crippen LogP contribution in [0.25, 0.3) is 0 Å². The fourth-order valence-corrected chi connectivity index (χ4v) is 1.20. The zero-order chi connectivity index (χ0) is 5.82. The fourth-order valence-electron chi connectivity index (χ4n) is 0.352. The molecule has 0 aromatic carbocycles. The molecule has 0 N–H and O–H groups in total. The van der Waals surface area contributed by atoms with Crippen molar-refractivity contribution in [1.29, 1.82) is 0 Å². The normalized spacial score (nSPS) is 9.50. The molecule has 0 spiro atoms. The van der Waals surface area contributed by atoms with E-state index in [-0.39, 0.29) is 8.69 Å². The van der Waals surface area contributed by atoms with E-state index >= 15 is 0 Å². The third-order valence-corrected chi connectivity index (χ3v) is 1.76. The molecule has 1 aromatic rings. The third kappa shape index (κ3) is 1.29. The lowest BCUT2D eigenvalue weighted by atomic mass is 10.7. The summed E-state index contributed by atoms with van der Waals surface area (Å²) in [5.41, 5.74) is 0. The molecular weight excluding hydrogens is 143 g/mol. The fraction of sp³-hybridized carbons (Fsp3) is 0. The van der Waals surface area contributed by atoms with Crippen LogP contribution in [0.4, 0.5) is 0 Å². The van der Waals surface area contributed by atoms with Crippen molar-refractivity contribution in [3.05, 3.63) is 17.5 Å². The number of hydrogen-bond donors (Lipinski definition) is 0. The summed E-state index contributed by atoms with van der Waals surface area (Å²) in [5.74, 6) is 0. The van der Waals surface area contributed by atoms with Gasteiger partial charge in [-0.3, -0.25) is 0 Å². The SMILES string of the molecule is O=POc1cccs1. The molecule has 0 fully saturated rings. The summed E-state index contributed by atoms with van der Waals surface area (Å²) in [5, 5.41) is 2.54. The second-order valence-corrected chi connectivity index (χ2v) is 2.34. The Hall–Kier alpha value is -0.400. The molecule has 0 aliphatic carbocycles. The van der Waals surface area contributed by atoms with Crippen LogP contribution in [0.15, 0.2) is 17.5 Å².